The second-order valence-electron chi connectivity index (χ2n) is 6.83. The number of hydrogen-bond acceptors (Lipinski definition) is 6. The molecule has 8 heteroatoms. The lowest BCUT2D eigenvalue weighted by Crippen LogP contribution is -2.06. The van der Waals surface area contributed by atoms with Crippen molar-refractivity contribution < 1.29 is 4.79 Å². The number of aryl methyl sites for hydroxylation is 2. The van der Waals surface area contributed by atoms with Crippen LogP contribution in [0.4, 0.5) is 0 Å². The molecule has 6 nitrogen and oxygen atoms in total. The van der Waals surface area contributed by atoms with Crippen LogP contribution in [-0.4, -0.2) is 35.9 Å². The average Bonchev–Trinajstić information content (AvgIpc) is 3.41. The summed E-state index contributed by atoms with van der Waals surface area (Å²) in [6, 6.07) is 10.0. The molecule has 0 spiro atoms. The van der Waals surface area contributed by atoms with Crippen molar-refractivity contribution in [2.45, 2.75) is 25.9 Å². The summed E-state index contributed by atoms with van der Waals surface area (Å²) in [6.07, 6.45) is 1.77. The molecule has 4 rings (SSSR count). The molecule has 148 valence electrons. The second kappa shape index (κ2) is 7.96. The van der Waals surface area contributed by atoms with Crippen molar-refractivity contribution in [2.75, 3.05) is 5.75 Å². The van der Waals surface area contributed by atoms with E-state index < -0.39 is 0 Å². The van der Waals surface area contributed by atoms with Crippen LogP contribution < -0.4 is 0 Å². The SMILES string of the molecule is Cc1ccccc1-c1nnc(SCC(=O)c2cc(C)n(-c3nccs3)c2C)n1C. The maximum absolute atomic E-state index is 12.9. The number of carbonyl (C=O) groups is 1. The first kappa shape index (κ1) is 19.6. The molecule has 0 atom stereocenters. The molecule has 1 aromatic carbocycles. The first-order valence-corrected chi connectivity index (χ1v) is 11.0. The van der Waals surface area contributed by atoms with Gasteiger partial charge in [-0.25, -0.2) is 4.98 Å². The predicted octanol–water partition coefficient (Wildman–Crippen LogP) is 4.63. The lowest BCUT2D eigenvalue weighted by molar-refractivity contribution is 0.102. The third kappa shape index (κ3) is 3.65. The molecule has 3 aromatic heterocycles. The van der Waals surface area contributed by atoms with Gasteiger partial charge in [0.2, 0.25) is 0 Å². The summed E-state index contributed by atoms with van der Waals surface area (Å²) >= 11 is 2.97. The van der Waals surface area contributed by atoms with E-state index in [1.54, 1.807) is 17.5 Å². The minimum atomic E-state index is 0.0753. The maximum Gasteiger partial charge on any atom is 0.193 e. The van der Waals surface area contributed by atoms with E-state index in [2.05, 4.69) is 28.2 Å². The van der Waals surface area contributed by atoms with Crippen LogP contribution in [0, 0.1) is 20.8 Å². The quantitative estimate of drug-likeness (QED) is 0.334. The number of thiazole rings is 1. The maximum atomic E-state index is 12.9. The van der Waals surface area contributed by atoms with Gasteiger partial charge in [-0.3, -0.25) is 9.36 Å². The number of Topliss-reactive ketones (excluding diaryl/α,β-unsaturated/α-hetero) is 1. The Morgan fingerprint density at radius 1 is 1.17 bits per heavy atom. The summed E-state index contributed by atoms with van der Waals surface area (Å²) in [4.78, 5) is 17.3. The molecule has 0 bridgehead atoms. The van der Waals surface area contributed by atoms with E-state index >= 15 is 0 Å². The van der Waals surface area contributed by atoms with E-state index in [4.69, 9.17) is 0 Å². The number of hydrogen-bond donors (Lipinski definition) is 0. The minimum Gasteiger partial charge on any atom is -0.305 e. The number of aromatic nitrogens is 5. The lowest BCUT2D eigenvalue weighted by Gasteiger charge is -2.07. The molecular formula is C21H21N5OS2. The van der Waals surface area contributed by atoms with E-state index in [9.17, 15) is 4.79 Å². The third-order valence-electron chi connectivity index (χ3n) is 4.90. The van der Waals surface area contributed by atoms with E-state index in [-0.39, 0.29) is 5.78 Å². The molecule has 29 heavy (non-hydrogen) atoms. The van der Waals surface area contributed by atoms with Gasteiger partial charge in [0.05, 0.1) is 5.75 Å². The van der Waals surface area contributed by atoms with Gasteiger partial charge in [0.25, 0.3) is 0 Å². The molecule has 0 saturated heterocycles. The highest BCUT2D eigenvalue weighted by Crippen LogP contribution is 2.27. The Kier molecular flexibility index (Phi) is 5.38. The number of thioether (sulfide) groups is 1. The zero-order chi connectivity index (χ0) is 20.5. The fourth-order valence-electron chi connectivity index (χ4n) is 3.37. The molecule has 0 aliphatic rings. The fourth-order valence-corrected chi connectivity index (χ4v) is 4.92. The van der Waals surface area contributed by atoms with Crippen LogP contribution in [0.25, 0.3) is 16.5 Å². The molecule has 0 aliphatic carbocycles. The highest BCUT2D eigenvalue weighted by molar-refractivity contribution is 7.99. The van der Waals surface area contributed by atoms with Crippen LogP contribution in [0.15, 0.2) is 47.1 Å². The first-order valence-electron chi connectivity index (χ1n) is 9.17. The Balaban J connectivity index is 1.53. The van der Waals surface area contributed by atoms with Crippen molar-refractivity contribution in [1.82, 2.24) is 24.3 Å². The Bertz CT molecular complexity index is 1170. The van der Waals surface area contributed by atoms with Crippen LogP contribution in [0.1, 0.15) is 27.3 Å². The van der Waals surface area contributed by atoms with Gasteiger partial charge in [0.15, 0.2) is 21.9 Å². The van der Waals surface area contributed by atoms with Gasteiger partial charge in [-0.1, -0.05) is 36.0 Å². The normalized spacial score (nSPS) is 11.2. The molecule has 0 amide bonds. The van der Waals surface area contributed by atoms with Gasteiger partial charge in [0.1, 0.15) is 0 Å². The summed E-state index contributed by atoms with van der Waals surface area (Å²) in [5.74, 6) is 1.19. The number of rotatable bonds is 6. The Morgan fingerprint density at radius 2 is 1.97 bits per heavy atom. The van der Waals surface area contributed by atoms with Crippen LogP contribution in [-0.2, 0) is 7.05 Å². The van der Waals surface area contributed by atoms with E-state index in [0.717, 1.165) is 44.2 Å². The molecule has 0 aliphatic heterocycles. The first-order chi connectivity index (χ1) is 14.0. The summed E-state index contributed by atoms with van der Waals surface area (Å²) in [6.45, 7) is 6.01. The van der Waals surface area contributed by atoms with Crippen molar-refractivity contribution >= 4 is 28.9 Å². The summed E-state index contributed by atoms with van der Waals surface area (Å²) in [5.41, 5.74) is 4.84. The van der Waals surface area contributed by atoms with Gasteiger partial charge in [-0.15, -0.1) is 21.5 Å². The van der Waals surface area contributed by atoms with Crippen LogP contribution >= 0.6 is 23.1 Å². The van der Waals surface area contributed by atoms with Crippen LogP contribution in [0.2, 0.25) is 0 Å². The minimum absolute atomic E-state index is 0.0753. The van der Waals surface area contributed by atoms with E-state index in [0.29, 0.717) is 5.75 Å². The van der Waals surface area contributed by atoms with Crippen molar-refractivity contribution in [3.8, 4) is 16.5 Å². The monoisotopic (exact) mass is 423 g/mol. The van der Waals surface area contributed by atoms with Crippen molar-refractivity contribution in [3.05, 3.63) is 64.4 Å². The van der Waals surface area contributed by atoms with Crippen molar-refractivity contribution in [3.63, 3.8) is 0 Å². The molecule has 0 radical (unpaired) electrons. The van der Waals surface area contributed by atoms with E-state index in [1.807, 2.05) is 59.7 Å². The number of nitrogens with zero attached hydrogens (tertiary/aromatic N) is 5. The van der Waals surface area contributed by atoms with E-state index in [1.165, 1.54) is 11.8 Å². The highest BCUT2D eigenvalue weighted by Gasteiger charge is 2.19. The zero-order valence-electron chi connectivity index (χ0n) is 16.7. The summed E-state index contributed by atoms with van der Waals surface area (Å²) in [7, 11) is 1.93. The van der Waals surface area contributed by atoms with Crippen LogP contribution in [0.5, 0.6) is 0 Å². The number of ketones is 1. The predicted molar refractivity (Wildman–Crippen MR) is 117 cm³/mol. The molecule has 0 unspecified atom stereocenters. The van der Waals surface area contributed by atoms with Crippen molar-refractivity contribution in [2.24, 2.45) is 7.05 Å². The Labute approximate surface area is 177 Å². The Morgan fingerprint density at radius 3 is 2.69 bits per heavy atom. The smallest absolute Gasteiger partial charge is 0.193 e. The molecule has 0 saturated carbocycles. The molecular weight excluding hydrogens is 402 g/mol. The summed E-state index contributed by atoms with van der Waals surface area (Å²) in [5, 5.41) is 12.2. The topological polar surface area (TPSA) is 65.6 Å². The zero-order valence-corrected chi connectivity index (χ0v) is 18.3. The number of benzene rings is 1. The average molecular weight is 424 g/mol. The van der Waals surface area contributed by atoms with Gasteiger partial charge < -0.3 is 4.57 Å². The molecule has 0 fully saturated rings. The molecule has 4 aromatic rings. The largest absolute Gasteiger partial charge is 0.305 e. The standard InChI is InChI=1S/C21H21N5OS2/c1-13-7-5-6-8-16(13)19-23-24-21(25(19)4)29-12-18(27)17-11-14(2)26(15(17)3)20-22-9-10-28-20/h5-11H,12H2,1-4H3. The number of carbonyl (C=O) groups excluding carboxylic acids is 1. The van der Waals surface area contributed by atoms with Gasteiger partial charge in [-0.2, -0.15) is 0 Å². The molecule has 0 N–H and O–H groups in total. The second-order valence-corrected chi connectivity index (χ2v) is 8.64. The van der Waals surface area contributed by atoms with Gasteiger partial charge in [0, 0.05) is 41.1 Å². The molecule has 3 heterocycles. The lowest BCUT2D eigenvalue weighted by atomic mass is 10.1. The Hall–Kier alpha value is -2.71. The van der Waals surface area contributed by atoms with Crippen molar-refractivity contribution in [1.29, 1.82) is 0 Å². The van der Waals surface area contributed by atoms with Crippen LogP contribution in [0.3, 0.4) is 0 Å². The van der Waals surface area contributed by atoms with Gasteiger partial charge >= 0.3 is 0 Å². The van der Waals surface area contributed by atoms with Gasteiger partial charge in [-0.05, 0) is 32.4 Å². The fraction of sp³-hybridized carbons (Fsp3) is 0.238. The highest BCUT2D eigenvalue weighted by atomic mass is 32.2. The summed E-state index contributed by atoms with van der Waals surface area (Å²) < 4.78 is 3.97. The third-order valence-corrected chi connectivity index (χ3v) is 6.67.